The zero-order valence-corrected chi connectivity index (χ0v) is 6.99. The molecule has 2 heterocycles. The van der Waals surface area contributed by atoms with Gasteiger partial charge in [0.1, 0.15) is 0 Å². The molecule has 0 aromatic carbocycles. The number of nitrogens with zero attached hydrogens (tertiary/aromatic N) is 3. The van der Waals surface area contributed by atoms with E-state index in [4.69, 9.17) is 11.6 Å². The molecule has 0 radical (unpaired) electrons. The van der Waals surface area contributed by atoms with Crippen molar-refractivity contribution in [3.63, 3.8) is 0 Å². The van der Waals surface area contributed by atoms with Crippen LogP contribution in [0.3, 0.4) is 0 Å². The van der Waals surface area contributed by atoms with Crippen LogP contribution in [0.25, 0.3) is 11.5 Å². The van der Waals surface area contributed by atoms with Gasteiger partial charge >= 0.3 is 0 Å². The average molecular weight is 200 g/mol. The maximum Gasteiger partial charge on any atom is 0.264 e. The minimum Gasteiger partial charge on any atom is -0.333 e. The van der Waals surface area contributed by atoms with E-state index in [1.807, 2.05) is 0 Å². The van der Waals surface area contributed by atoms with E-state index < -0.39 is 5.82 Å². The summed E-state index contributed by atoms with van der Waals surface area (Å²) in [5, 5.41) is 3.28. The topological polar surface area (TPSA) is 51.8 Å². The largest absolute Gasteiger partial charge is 0.333 e. The van der Waals surface area contributed by atoms with Crippen LogP contribution in [-0.4, -0.2) is 15.1 Å². The van der Waals surface area contributed by atoms with Crippen LogP contribution in [0.5, 0.6) is 0 Å². The molecule has 0 spiro atoms. The highest BCUT2D eigenvalue weighted by molar-refractivity contribution is 6.28. The van der Waals surface area contributed by atoms with Crippen molar-refractivity contribution in [3.05, 3.63) is 29.6 Å². The van der Waals surface area contributed by atoms with Crippen LogP contribution in [0.1, 0.15) is 0 Å². The highest BCUT2D eigenvalue weighted by Gasteiger charge is 2.11. The summed E-state index contributed by atoms with van der Waals surface area (Å²) >= 11 is 5.41. The van der Waals surface area contributed by atoms with Crippen molar-refractivity contribution < 1.29 is 8.91 Å². The van der Waals surface area contributed by atoms with Crippen LogP contribution in [0.2, 0.25) is 5.28 Å². The summed E-state index contributed by atoms with van der Waals surface area (Å²) in [6, 6.07) is 1.43. The number of halogens is 2. The van der Waals surface area contributed by atoms with Gasteiger partial charge < -0.3 is 4.52 Å². The lowest BCUT2D eigenvalue weighted by Gasteiger charge is -1.93. The molecule has 2 rings (SSSR count). The molecule has 0 bridgehead atoms. The molecule has 6 heteroatoms. The molecule has 13 heavy (non-hydrogen) atoms. The Balaban J connectivity index is 2.52. The van der Waals surface area contributed by atoms with Crippen molar-refractivity contribution in [1.29, 1.82) is 0 Å². The van der Waals surface area contributed by atoms with E-state index in [1.54, 1.807) is 0 Å². The van der Waals surface area contributed by atoms with E-state index in [0.717, 1.165) is 6.20 Å². The Labute approximate surface area is 77.4 Å². The van der Waals surface area contributed by atoms with Crippen molar-refractivity contribution in [2.75, 3.05) is 0 Å². The fourth-order valence-electron chi connectivity index (χ4n) is 0.864. The fourth-order valence-corrected chi connectivity index (χ4v) is 0.975. The summed E-state index contributed by atoms with van der Waals surface area (Å²) in [5.41, 5.74) is 0.189. The summed E-state index contributed by atoms with van der Waals surface area (Å²) in [5.74, 6) is -0.479. The van der Waals surface area contributed by atoms with Gasteiger partial charge in [-0.05, 0) is 22.8 Å². The van der Waals surface area contributed by atoms with Crippen molar-refractivity contribution in [2.45, 2.75) is 0 Å². The molecule has 0 saturated heterocycles. The Morgan fingerprint density at radius 2 is 2.31 bits per heavy atom. The number of hydrogen-bond donors (Lipinski definition) is 0. The molecule has 66 valence electrons. The SMILES string of the molecule is Fc1cnccc1-c1nc(Cl)no1. The third kappa shape index (κ3) is 1.50. The molecule has 4 nitrogen and oxygen atoms in total. The van der Waals surface area contributed by atoms with Gasteiger partial charge in [-0.3, -0.25) is 4.98 Å². The van der Waals surface area contributed by atoms with Crippen LogP contribution in [0.4, 0.5) is 4.39 Å². The molecule has 0 fully saturated rings. The number of pyridine rings is 1. The molecule has 0 aliphatic rings. The van der Waals surface area contributed by atoms with Crippen LogP contribution in [-0.2, 0) is 0 Å². The van der Waals surface area contributed by atoms with Crippen LogP contribution in [0.15, 0.2) is 23.0 Å². The van der Waals surface area contributed by atoms with E-state index in [1.165, 1.54) is 12.3 Å². The summed E-state index contributed by atoms with van der Waals surface area (Å²) in [6.45, 7) is 0. The molecule has 0 aliphatic carbocycles. The minimum absolute atomic E-state index is 0.0462. The molecular weight excluding hydrogens is 197 g/mol. The second-order valence-corrected chi connectivity index (χ2v) is 2.56. The second kappa shape index (κ2) is 3.10. The maximum atomic E-state index is 13.1. The lowest BCUT2D eigenvalue weighted by molar-refractivity contribution is 0.427. The predicted octanol–water partition coefficient (Wildman–Crippen LogP) is 1.92. The Morgan fingerprint density at radius 3 is 2.92 bits per heavy atom. The Hall–Kier alpha value is -1.49. The highest BCUT2D eigenvalue weighted by Crippen LogP contribution is 2.20. The normalized spacial score (nSPS) is 10.3. The number of rotatable bonds is 1. The van der Waals surface area contributed by atoms with Crippen LogP contribution >= 0.6 is 11.6 Å². The van der Waals surface area contributed by atoms with E-state index in [2.05, 4.69) is 19.6 Å². The van der Waals surface area contributed by atoms with Crippen molar-refractivity contribution in [3.8, 4) is 11.5 Å². The third-order valence-corrected chi connectivity index (χ3v) is 1.56. The zero-order valence-electron chi connectivity index (χ0n) is 6.24. The summed E-state index contributed by atoms with van der Waals surface area (Å²) < 4.78 is 17.7. The van der Waals surface area contributed by atoms with Crippen LogP contribution < -0.4 is 0 Å². The van der Waals surface area contributed by atoms with Crippen molar-refractivity contribution in [1.82, 2.24) is 15.1 Å². The Bertz CT molecular complexity index is 431. The molecule has 0 aliphatic heterocycles. The van der Waals surface area contributed by atoms with E-state index in [0.29, 0.717) is 0 Å². The molecule has 0 N–H and O–H groups in total. The van der Waals surface area contributed by atoms with Crippen LogP contribution in [0, 0.1) is 5.82 Å². The standard InChI is InChI=1S/C7H3ClFN3O/c8-7-11-6(13-12-7)4-1-2-10-3-5(4)9/h1-3H. The number of aromatic nitrogens is 3. The maximum absolute atomic E-state index is 13.1. The van der Waals surface area contributed by atoms with Gasteiger partial charge in [-0.15, -0.1) is 0 Å². The Kier molecular flexibility index (Phi) is 1.94. The molecule has 0 amide bonds. The quantitative estimate of drug-likeness (QED) is 0.704. The predicted molar refractivity (Wildman–Crippen MR) is 42.5 cm³/mol. The van der Waals surface area contributed by atoms with Crippen molar-refractivity contribution in [2.24, 2.45) is 0 Å². The first-order valence-electron chi connectivity index (χ1n) is 3.36. The first-order chi connectivity index (χ1) is 6.27. The van der Waals surface area contributed by atoms with E-state index in [9.17, 15) is 4.39 Å². The molecular formula is C7H3ClFN3O. The first-order valence-corrected chi connectivity index (χ1v) is 3.74. The zero-order chi connectivity index (χ0) is 9.26. The smallest absolute Gasteiger partial charge is 0.264 e. The van der Waals surface area contributed by atoms with E-state index >= 15 is 0 Å². The molecule has 2 aromatic heterocycles. The van der Waals surface area contributed by atoms with Gasteiger partial charge in [-0.25, -0.2) is 4.39 Å². The van der Waals surface area contributed by atoms with Gasteiger partial charge in [-0.1, -0.05) is 0 Å². The van der Waals surface area contributed by atoms with Gasteiger partial charge in [0.05, 0.1) is 11.8 Å². The number of hydrogen-bond acceptors (Lipinski definition) is 4. The third-order valence-electron chi connectivity index (χ3n) is 1.40. The van der Waals surface area contributed by atoms with Crippen molar-refractivity contribution >= 4 is 11.6 Å². The highest BCUT2D eigenvalue weighted by atomic mass is 35.5. The molecule has 0 unspecified atom stereocenters. The second-order valence-electron chi connectivity index (χ2n) is 2.22. The molecule has 0 saturated carbocycles. The lowest BCUT2D eigenvalue weighted by Crippen LogP contribution is -1.84. The Morgan fingerprint density at radius 1 is 1.46 bits per heavy atom. The van der Waals surface area contributed by atoms with Gasteiger partial charge in [0, 0.05) is 6.20 Å². The molecule has 2 aromatic rings. The summed E-state index contributed by atoms with van der Waals surface area (Å²) in [6.07, 6.45) is 2.49. The first kappa shape index (κ1) is 8.12. The minimum atomic E-state index is -0.525. The lowest BCUT2D eigenvalue weighted by atomic mass is 10.2. The summed E-state index contributed by atoms with van der Waals surface area (Å²) in [4.78, 5) is 7.24. The van der Waals surface area contributed by atoms with Gasteiger partial charge in [0.15, 0.2) is 5.82 Å². The van der Waals surface area contributed by atoms with Gasteiger partial charge in [0.2, 0.25) is 0 Å². The van der Waals surface area contributed by atoms with E-state index in [-0.39, 0.29) is 16.7 Å². The monoisotopic (exact) mass is 199 g/mol. The molecule has 0 atom stereocenters. The van der Waals surface area contributed by atoms with Gasteiger partial charge in [0.25, 0.3) is 11.2 Å². The average Bonchev–Trinajstić information content (AvgIpc) is 2.53. The van der Waals surface area contributed by atoms with Gasteiger partial charge in [-0.2, -0.15) is 4.98 Å². The fraction of sp³-hybridized carbons (Fsp3) is 0. The summed E-state index contributed by atoms with van der Waals surface area (Å²) in [7, 11) is 0.